The number of phenols is 1. The van der Waals surface area contributed by atoms with Crippen LogP contribution in [0.1, 0.15) is 23.2 Å². The van der Waals surface area contributed by atoms with Crippen LogP contribution in [0.4, 0.5) is 4.39 Å². The molecule has 1 aromatic rings. The maximum atomic E-state index is 13.6. The van der Waals surface area contributed by atoms with E-state index in [-0.39, 0.29) is 17.4 Å². The SMILES string of the molecule is O=C(NCC1CN(C2CC2)CCO1)c1ccc(O)cc1F. The van der Waals surface area contributed by atoms with Crippen LogP contribution in [-0.2, 0) is 4.74 Å². The number of hydrogen-bond acceptors (Lipinski definition) is 4. The lowest BCUT2D eigenvalue weighted by molar-refractivity contribution is -0.0293. The highest BCUT2D eigenvalue weighted by atomic mass is 19.1. The zero-order chi connectivity index (χ0) is 14.8. The second-order valence-electron chi connectivity index (χ2n) is 5.59. The topological polar surface area (TPSA) is 61.8 Å². The number of benzene rings is 1. The molecule has 1 unspecified atom stereocenters. The zero-order valence-corrected chi connectivity index (χ0v) is 11.7. The van der Waals surface area contributed by atoms with Crippen LogP contribution in [0.5, 0.6) is 5.75 Å². The fourth-order valence-corrected chi connectivity index (χ4v) is 2.63. The minimum Gasteiger partial charge on any atom is -0.508 e. The number of carbonyl (C=O) groups is 1. The number of hydrogen-bond donors (Lipinski definition) is 2. The molecule has 21 heavy (non-hydrogen) atoms. The number of nitrogens with zero attached hydrogens (tertiary/aromatic N) is 1. The fourth-order valence-electron chi connectivity index (χ4n) is 2.63. The van der Waals surface area contributed by atoms with E-state index in [0.717, 1.165) is 19.2 Å². The predicted molar refractivity (Wildman–Crippen MR) is 74.7 cm³/mol. The Morgan fingerprint density at radius 1 is 1.48 bits per heavy atom. The Balaban J connectivity index is 1.53. The summed E-state index contributed by atoms with van der Waals surface area (Å²) in [6, 6.07) is 4.19. The second kappa shape index (κ2) is 5.99. The Labute approximate surface area is 122 Å². The van der Waals surface area contributed by atoms with Crippen LogP contribution < -0.4 is 5.32 Å². The van der Waals surface area contributed by atoms with E-state index < -0.39 is 11.7 Å². The summed E-state index contributed by atoms with van der Waals surface area (Å²) in [5, 5.41) is 11.8. The van der Waals surface area contributed by atoms with Gasteiger partial charge in [0, 0.05) is 31.7 Å². The van der Waals surface area contributed by atoms with Gasteiger partial charge >= 0.3 is 0 Å². The van der Waals surface area contributed by atoms with E-state index in [0.29, 0.717) is 19.2 Å². The number of halogens is 1. The molecule has 1 saturated carbocycles. The van der Waals surface area contributed by atoms with Gasteiger partial charge in [0.15, 0.2) is 0 Å². The molecule has 1 amide bonds. The molecule has 2 fully saturated rings. The Hall–Kier alpha value is -1.66. The van der Waals surface area contributed by atoms with Gasteiger partial charge in [-0.3, -0.25) is 9.69 Å². The zero-order valence-electron chi connectivity index (χ0n) is 11.7. The molecular weight excluding hydrogens is 275 g/mol. The van der Waals surface area contributed by atoms with Crippen molar-refractivity contribution in [3.63, 3.8) is 0 Å². The van der Waals surface area contributed by atoms with Crippen LogP contribution in [0.25, 0.3) is 0 Å². The van der Waals surface area contributed by atoms with Crippen molar-refractivity contribution in [2.24, 2.45) is 0 Å². The molecule has 0 spiro atoms. The van der Waals surface area contributed by atoms with Crippen LogP contribution in [0, 0.1) is 5.82 Å². The molecule has 114 valence electrons. The summed E-state index contributed by atoms with van der Waals surface area (Å²) in [6.45, 7) is 2.79. The molecule has 0 bridgehead atoms. The molecule has 6 heteroatoms. The third kappa shape index (κ3) is 3.51. The number of morpholine rings is 1. The van der Waals surface area contributed by atoms with E-state index >= 15 is 0 Å². The molecule has 3 rings (SSSR count). The maximum absolute atomic E-state index is 13.6. The first-order valence-corrected chi connectivity index (χ1v) is 7.26. The van der Waals surface area contributed by atoms with Crippen molar-refractivity contribution in [1.29, 1.82) is 0 Å². The van der Waals surface area contributed by atoms with Gasteiger partial charge in [0.05, 0.1) is 18.3 Å². The van der Waals surface area contributed by atoms with E-state index in [1.807, 2.05) is 0 Å². The highest BCUT2D eigenvalue weighted by molar-refractivity contribution is 5.94. The smallest absolute Gasteiger partial charge is 0.254 e. The van der Waals surface area contributed by atoms with Crippen LogP contribution in [0.15, 0.2) is 18.2 Å². The van der Waals surface area contributed by atoms with E-state index in [4.69, 9.17) is 9.84 Å². The van der Waals surface area contributed by atoms with Crippen molar-refractivity contribution >= 4 is 5.91 Å². The van der Waals surface area contributed by atoms with Crippen molar-refractivity contribution in [3.05, 3.63) is 29.6 Å². The maximum Gasteiger partial charge on any atom is 0.254 e. The molecule has 0 aromatic heterocycles. The summed E-state index contributed by atoms with van der Waals surface area (Å²) >= 11 is 0. The van der Waals surface area contributed by atoms with Gasteiger partial charge in [0.1, 0.15) is 11.6 Å². The Bertz CT molecular complexity index is 534. The summed E-state index contributed by atoms with van der Waals surface area (Å²) in [6.07, 6.45) is 2.44. The van der Waals surface area contributed by atoms with E-state index in [2.05, 4.69) is 10.2 Å². The lowest BCUT2D eigenvalue weighted by atomic mass is 10.2. The molecule has 5 nitrogen and oxygen atoms in total. The molecule has 1 aliphatic carbocycles. The van der Waals surface area contributed by atoms with Crippen LogP contribution in [-0.4, -0.2) is 54.3 Å². The van der Waals surface area contributed by atoms with Crippen molar-refractivity contribution in [3.8, 4) is 5.75 Å². The first-order valence-electron chi connectivity index (χ1n) is 7.26. The van der Waals surface area contributed by atoms with Crippen LogP contribution in [0.2, 0.25) is 0 Å². The van der Waals surface area contributed by atoms with Crippen molar-refractivity contribution in [1.82, 2.24) is 10.2 Å². The van der Waals surface area contributed by atoms with Crippen LogP contribution in [0.3, 0.4) is 0 Å². The minimum absolute atomic E-state index is 0.0523. The highest BCUT2D eigenvalue weighted by Crippen LogP contribution is 2.28. The van der Waals surface area contributed by atoms with Crippen molar-refractivity contribution in [2.75, 3.05) is 26.2 Å². The number of amides is 1. The molecule has 2 N–H and O–H groups in total. The van der Waals surface area contributed by atoms with Gasteiger partial charge in [-0.15, -0.1) is 0 Å². The standard InChI is InChI=1S/C15H19FN2O3/c16-14-7-11(19)3-4-13(14)15(20)17-8-12-9-18(5-6-21-12)10-1-2-10/h3-4,7,10,12,19H,1-2,5-6,8-9H2,(H,17,20). The van der Waals surface area contributed by atoms with Gasteiger partial charge in [-0.2, -0.15) is 0 Å². The third-order valence-corrected chi connectivity index (χ3v) is 3.92. The molecule has 1 atom stereocenters. The lowest BCUT2D eigenvalue weighted by Gasteiger charge is -2.33. The third-order valence-electron chi connectivity index (χ3n) is 3.92. The first-order chi connectivity index (χ1) is 10.1. The van der Waals surface area contributed by atoms with Gasteiger partial charge in [-0.25, -0.2) is 4.39 Å². The quantitative estimate of drug-likeness (QED) is 0.874. The Morgan fingerprint density at radius 2 is 2.29 bits per heavy atom. The van der Waals surface area contributed by atoms with Gasteiger partial charge in [-0.1, -0.05) is 0 Å². The Kier molecular flexibility index (Phi) is 4.07. The monoisotopic (exact) mass is 294 g/mol. The van der Waals surface area contributed by atoms with Crippen molar-refractivity contribution in [2.45, 2.75) is 25.0 Å². The summed E-state index contributed by atoms with van der Waals surface area (Å²) in [5.74, 6) is -1.41. The molecule has 1 heterocycles. The summed E-state index contributed by atoms with van der Waals surface area (Å²) in [5.41, 5.74) is -0.0670. The number of phenolic OH excluding ortho intramolecular Hbond substituents is 1. The number of aromatic hydroxyl groups is 1. The first kappa shape index (κ1) is 14.3. The van der Waals surface area contributed by atoms with Gasteiger partial charge < -0.3 is 15.2 Å². The van der Waals surface area contributed by atoms with Gasteiger partial charge in [0.25, 0.3) is 5.91 Å². The molecule has 2 aliphatic rings. The van der Waals surface area contributed by atoms with Gasteiger partial charge in [0.2, 0.25) is 0 Å². The Morgan fingerprint density at radius 3 is 3.00 bits per heavy atom. The number of carbonyl (C=O) groups excluding carboxylic acids is 1. The number of nitrogens with one attached hydrogen (secondary N) is 1. The van der Waals surface area contributed by atoms with Gasteiger partial charge in [-0.05, 0) is 25.0 Å². The fraction of sp³-hybridized carbons (Fsp3) is 0.533. The molecular formula is C15H19FN2O3. The average molecular weight is 294 g/mol. The van der Waals surface area contributed by atoms with E-state index in [1.165, 1.54) is 25.0 Å². The normalized spacial score (nSPS) is 23.0. The lowest BCUT2D eigenvalue weighted by Crippen LogP contribution is -2.48. The largest absolute Gasteiger partial charge is 0.508 e. The predicted octanol–water partition coefficient (Wildman–Crippen LogP) is 1.12. The number of rotatable bonds is 4. The summed E-state index contributed by atoms with van der Waals surface area (Å²) < 4.78 is 19.2. The van der Waals surface area contributed by atoms with Crippen molar-refractivity contribution < 1.29 is 19.0 Å². The van der Waals surface area contributed by atoms with E-state index in [1.54, 1.807) is 0 Å². The molecule has 1 saturated heterocycles. The van der Waals surface area contributed by atoms with Crippen LogP contribution >= 0.6 is 0 Å². The summed E-state index contributed by atoms with van der Waals surface area (Å²) in [4.78, 5) is 14.3. The second-order valence-corrected chi connectivity index (χ2v) is 5.59. The molecule has 1 aliphatic heterocycles. The minimum atomic E-state index is -0.725. The molecule has 1 aromatic carbocycles. The molecule has 0 radical (unpaired) electrons. The van der Waals surface area contributed by atoms with E-state index in [9.17, 15) is 9.18 Å². The summed E-state index contributed by atoms with van der Waals surface area (Å²) in [7, 11) is 0. The average Bonchev–Trinajstić information content (AvgIpc) is 3.30. The number of ether oxygens (including phenoxy) is 1. The highest BCUT2D eigenvalue weighted by Gasteiger charge is 2.33.